The molecule has 1 aliphatic carbocycles. The van der Waals surface area contributed by atoms with E-state index in [1.54, 1.807) is 19.2 Å². The standard InChI is InChI=1S/C24H38N4O4S/c1-18(2)27(3)33(31,32)22-11-9-20(10-12-22)25-23(29)17-28-15-13-21(14-16-28)26-24(30)19-7-5-4-6-8-19/h9-12,18-19,21H,4-8,13-17H2,1-3H3,(H,25,29)(H,26,30). The summed E-state index contributed by atoms with van der Waals surface area (Å²) in [6.45, 7) is 5.45. The second kappa shape index (κ2) is 11.4. The first-order chi connectivity index (χ1) is 15.7. The van der Waals surface area contributed by atoms with Crippen LogP contribution in [0.25, 0.3) is 0 Å². The quantitative estimate of drug-likeness (QED) is 0.599. The number of likely N-dealkylation sites (tertiary alicyclic amines) is 1. The lowest BCUT2D eigenvalue weighted by atomic mass is 9.88. The summed E-state index contributed by atoms with van der Waals surface area (Å²) >= 11 is 0. The molecule has 1 heterocycles. The van der Waals surface area contributed by atoms with Gasteiger partial charge in [-0.05, 0) is 63.8 Å². The van der Waals surface area contributed by atoms with Crippen LogP contribution in [0.3, 0.4) is 0 Å². The molecule has 0 spiro atoms. The molecule has 1 aliphatic heterocycles. The van der Waals surface area contributed by atoms with Crippen LogP contribution in [0.4, 0.5) is 5.69 Å². The average molecular weight is 479 g/mol. The summed E-state index contributed by atoms with van der Waals surface area (Å²) < 4.78 is 26.4. The molecule has 0 bridgehead atoms. The number of hydrogen-bond acceptors (Lipinski definition) is 5. The van der Waals surface area contributed by atoms with Crippen molar-refractivity contribution >= 4 is 27.5 Å². The maximum absolute atomic E-state index is 12.6. The number of rotatable bonds is 8. The lowest BCUT2D eigenvalue weighted by Gasteiger charge is -2.33. The van der Waals surface area contributed by atoms with Crippen LogP contribution in [-0.2, 0) is 19.6 Å². The third kappa shape index (κ3) is 7.01. The van der Waals surface area contributed by atoms with Gasteiger partial charge in [-0.25, -0.2) is 8.42 Å². The third-order valence-electron chi connectivity index (χ3n) is 6.82. The molecular formula is C24H38N4O4S. The van der Waals surface area contributed by atoms with Crippen LogP contribution in [-0.4, -0.2) is 68.2 Å². The molecule has 8 nitrogen and oxygen atoms in total. The molecule has 1 saturated carbocycles. The van der Waals surface area contributed by atoms with Gasteiger partial charge < -0.3 is 10.6 Å². The van der Waals surface area contributed by atoms with Crippen molar-refractivity contribution in [1.82, 2.24) is 14.5 Å². The predicted octanol–water partition coefficient (Wildman–Crippen LogP) is 2.81. The van der Waals surface area contributed by atoms with Gasteiger partial charge >= 0.3 is 0 Å². The minimum absolute atomic E-state index is 0.130. The summed E-state index contributed by atoms with van der Waals surface area (Å²) in [5.41, 5.74) is 0.570. The van der Waals surface area contributed by atoms with Crippen LogP contribution in [0.5, 0.6) is 0 Å². The van der Waals surface area contributed by atoms with Crippen LogP contribution in [0.15, 0.2) is 29.2 Å². The number of sulfonamides is 1. The summed E-state index contributed by atoms with van der Waals surface area (Å²) in [7, 11) is -1.99. The molecule has 0 radical (unpaired) electrons. The van der Waals surface area contributed by atoms with Crippen molar-refractivity contribution in [2.75, 3.05) is 32.0 Å². The van der Waals surface area contributed by atoms with Crippen molar-refractivity contribution < 1.29 is 18.0 Å². The van der Waals surface area contributed by atoms with Crippen LogP contribution >= 0.6 is 0 Å². The average Bonchev–Trinajstić information content (AvgIpc) is 2.80. The SMILES string of the molecule is CC(C)N(C)S(=O)(=O)c1ccc(NC(=O)CN2CCC(NC(=O)C3CCCCC3)CC2)cc1. The Labute approximate surface area is 198 Å². The van der Waals surface area contributed by atoms with E-state index in [1.807, 2.05) is 13.8 Å². The molecule has 1 aromatic carbocycles. The first-order valence-electron chi connectivity index (χ1n) is 12.1. The topological polar surface area (TPSA) is 98.8 Å². The monoisotopic (exact) mass is 478 g/mol. The first-order valence-corrected chi connectivity index (χ1v) is 13.5. The van der Waals surface area contributed by atoms with Gasteiger partial charge in [-0.1, -0.05) is 19.3 Å². The van der Waals surface area contributed by atoms with Crippen molar-refractivity contribution in [3.63, 3.8) is 0 Å². The molecule has 2 N–H and O–H groups in total. The highest BCUT2D eigenvalue weighted by molar-refractivity contribution is 7.89. The Morgan fingerprint density at radius 2 is 1.64 bits per heavy atom. The Balaban J connectivity index is 1.43. The van der Waals surface area contributed by atoms with Crippen LogP contribution in [0.1, 0.15) is 58.8 Å². The fraction of sp³-hybridized carbons (Fsp3) is 0.667. The molecule has 1 aromatic rings. The van der Waals surface area contributed by atoms with Crippen LogP contribution < -0.4 is 10.6 Å². The highest BCUT2D eigenvalue weighted by atomic mass is 32.2. The van der Waals surface area contributed by atoms with E-state index in [1.165, 1.54) is 22.9 Å². The second-order valence-electron chi connectivity index (χ2n) is 9.58. The molecule has 9 heteroatoms. The highest BCUT2D eigenvalue weighted by Gasteiger charge is 2.27. The minimum Gasteiger partial charge on any atom is -0.353 e. The molecule has 184 valence electrons. The third-order valence-corrected chi connectivity index (χ3v) is 8.87. The van der Waals surface area contributed by atoms with Gasteiger partial charge in [-0.15, -0.1) is 0 Å². The van der Waals surface area contributed by atoms with Crippen molar-refractivity contribution in [3.8, 4) is 0 Å². The predicted molar refractivity (Wildman–Crippen MR) is 129 cm³/mol. The van der Waals surface area contributed by atoms with Crippen molar-refractivity contribution in [2.45, 2.75) is 75.8 Å². The van der Waals surface area contributed by atoms with E-state index < -0.39 is 10.0 Å². The number of hydrogen-bond donors (Lipinski definition) is 2. The summed E-state index contributed by atoms with van der Waals surface area (Å²) in [5.74, 6) is 0.250. The fourth-order valence-corrected chi connectivity index (χ4v) is 5.84. The number of nitrogens with zero attached hydrogens (tertiary/aromatic N) is 2. The maximum Gasteiger partial charge on any atom is 0.243 e. The minimum atomic E-state index is -3.55. The van der Waals surface area contributed by atoms with Crippen molar-refractivity contribution in [1.29, 1.82) is 0 Å². The number of carbonyl (C=O) groups excluding carboxylic acids is 2. The van der Waals surface area contributed by atoms with Gasteiger partial charge in [0.15, 0.2) is 0 Å². The molecule has 3 rings (SSSR count). The van der Waals surface area contributed by atoms with Gasteiger partial charge in [0.2, 0.25) is 21.8 Å². The molecular weight excluding hydrogens is 440 g/mol. The van der Waals surface area contributed by atoms with Gasteiger partial charge in [0.25, 0.3) is 0 Å². The zero-order valence-electron chi connectivity index (χ0n) is 20.0. The zero-order chi connectivity index (χ0) is 24.0. The first kappa shape index (κ1) is 25.6. The summed E-state index contributed by atoms with van der Waals surface area (Å²) in [6, 6.07) is 6.32. The van der Waals surface area contributed by atoms with Gasteiger partial charge in [0, 0.05) is 43.8 Å². The lowest BCUT2D eigenvalue weighted by molar-refractivity contribution is -0.127. The molecule has 2 fully saturated rings. The van der Waals surface area contributed by atoms with E-state index >= 15 is 0 Å². The number of nitrogens with one attached hydrogen (secondary N) is 2. The van der Waals surface area contributed by atoms with Gasteiger partial charge in [-0.3, -0.25) is 14.5 Å². The summed E-state index contributed by atoms with van der Waals surface area (Å²) in [4.78, 5) is 27.2. The lowest BCUT2D eigenvalue weighted by Crippen LogP contribution is -2.48. The smallest absolute Gasteiger partial charge is 0.243 e. The highest BCUT2D eigenvalue weighted by Crippen LogP contribution is 2.24. The Bertz CT molecular complexity index is 903. The fourth-order valence-electron chi connectivity index (χ4n) is 4.48. The number of carbonyl (C=O) groups is 2. The molecule has 33 heavy (non-hydrogen) atoms. The van der Waals surface area contributed by atoms with E-state index in [-0.39, 0.29) is 41.3 Å². The zero-order valence-corrected chi connectivity index (χ0v) is 20.9. The molecule has 2 amide bonds. The second-order valence-corrected chi connectivity index (χ2v) is 11.6. The summed E-state index contributed by atoms with van der Waals surface area (Å²) in [6.07, 6.45) is 7.25. The molecule has 2 aliphatic rings. The van der Waals surface area contributed by atoms with Gasteiger partial charge in [0.05, 0.1) is 11.4 Å². The van der Waals surface area contributed by atoms with E-state index in [2.05, 4.69) is 15.5 Å². The van der Waals surface area contributed by atoms with Crippen molar-refractivity contribution in [2.24, 2.45) is 5.92 Å². The largest absolute Gasteiger partial charge is 0.353 e. The number of benzene rings is 1. The number of amides is 2. The molecule has 0 atom stereocenters. The Hall–Kier alpha value is -1.97. The number of anilines is 1. The summed E-state index contributed by atoms with van der Waals surface area (Å²) in [5, 5.41) is 6.06. The van der Waals surface area contributed by atoms with Gasteiger partial charge in [-0.2, -0.15) is 4.31 Å². The van der Waals surface area contributed by atoms with Crippen LogP contribution in [0, 0.1) is 5.92 Å². The van der Waals surface area contributed by atoms with E-state index in [4.69, 9.17) is 0 Å². The Kier molecular flexibility index (Phi) is 8.89. The van der Waals surface area contributed by atoms with E-state index in [9.17, 15) is 18.0 Å². The van der Waals surface area contributed by atoms with Crippen LogP contribution in [0.2, 0.25) is 0 Å². The normalized spacial score (nSPS) is 19.1. The molecule has 1 saturated heterocycles. The van der Waals surface area contributed by atoms with E-state index in [0.717, 1.165) is 51.6 Å². The van der Waals surface area contributed by atoms with Gasteiger partial charge in [0.1, 0.15) is 0 Å². The number of piperidine rings is 1. The molecule has 0 unspecified atom stereocenters. The Morgan fingerprint density at radius 1 is 1.03 bits per heavy atom. The Morgan fingerprint density at radius 3 is 2.21 bits per heavy atom. The molecule has 0 aromatic heterocycles. The van der Waals surface area contributed by atoms with E-state index in [0.29, 0.717) is 5.69 Å². The maximum atomic E-state index is 12.6. The van der Waals surface area contributed by atoms with Crippen molar-refractivity contribution in [3.05, 3.63) is 24.3 Å².